The summed E-state index contributed by atoms with van der Waals surface area (Å²) in [7, 11) is 0. The van der Waals surface area contributed by atoms with Crippen molar-refractivity contribution in [3.05, 3.63) is 48.0 Å². The maximum absolute atomic E-state index is 12.8. The number of nitrogens with zero attached hydrogens (tertiary/aromatic N) is 1. The second-order valence-electron chi connectivity index (χ2n) is 3.85. The van der Waals surface area contributed by atoms with Crippen LogP contribution in [0.2, 0.25) is 0 Å². The average Bonchev–Trinajstić information content (AvgIpc) is 2.81. The number of benzene rings is 1. The van der Waals surface area contributed by atoms with Crippen molar-refractivity contribution in [2.75, 3.05) is 0 Å². The zero-order chi connectivity index (χ0) is 13.9. The number of nitrogens with one attached hydrogen (secondary N) is 1. The minimum Gasteiger partial charge on any atom is -0.428 e. The van der Waals surface area contributed by atoms with Crippen molar-refractivity contribution in [3.63, 3.8) is 0 Å². The largest absolute Gasteiger partial charge is 0.461 e. The zero-order valence-electron chi connectivity index (χ0n) is 9.62. The third-order valence-electron chi connectivity index (χ3n) is 2.35. The molecule has 0 fully saturated rings. The van der Waals surface area contributed by atoms with Gasteiger partial charge in [-0.05, 0) is 17.7 Å². The number of hydrogen-bond acceptors (Lipinski definition) is 2. The van der Waals surface area contributed by atoms with Crippen molar-refractivity contribution < 1.29 is 22.3 Å². The van der Waals surface area contributed by atoms with Crippen LogP contribution in [0.1, 0.15) is 11.3 Å². The Balaban J connectivity index is 2.11. The molecule has 0 aliphatic rings. The van der Waals surface area contributed by atoms with Crippen LogP contribution in [0.25, 0.3) is 0 Å². The Morgan fingerprint density at radius 2 is 2.11 bits per heavy atom. The first-order chi connectivity index (χ1) is 8.97. The van der Waals surface area contributed by atoms with E-state index in [4.69, 9.17) is 0 Å². The number of H-pyrrole nitrogens is 1. The smallest absolute Gasteiger partial charge is 0.428 e. The van der Waals surface area contributed by atoms with Gasteiger partial charge in [0.25, 0.3) is 0 Å². The van der Waals surface area contributed by atoms with Gasteiger partial charge in [-0.1, -0.05) is 12.1 Å². The summed E-state index contributed by atoms with van der Waals surface area (Å²) in [5, 5.41) is 0. The lowest BCUT2D eigenvalue weighted by Crippen LogP contribution is -2.33. The maximum Gasteiger partial charge on any atom is 0.461 e. The van der Waals surface area contributed by atoms with E-state index >= 15 is 0 Å². The second kappa shape index (κ2) is 5.29. The molecule has 0 aliphatic carbocycles. The molecule has 0 saturated heterocycles. The van der Waals surface area contributed by atoms with Gasteiger partial charge in [0.2, 0.25) is 0 Å². The summed E-state index contributed by atoms with van der Waals surface area (Å²) in [4.78, 5) is 6.74. The molecule has 1 aromatic heterocycles. The standard InChI is InChI=1S/C12H10F4N2O/c13-11(14)12(15,16)19-10-3-1-2-8(5-10)4-9-6-17-7-18-9/h1-3,5-7,11H,4H2,(H,17,18). The van der Waals surface area contributed by atoms with E-state index in [1.54, 1.807) is 12.3 Å². The Kier molecular flexibility index (Phi) is 3.73. The Hall–Kier alpha value is -2.05. The molecule has 1 N–H and O–H groups in total. The lowest BCUT2D eigenvalue weighted by Gasteiger charge is -2.17. The number of hydrogen-bond donors (Lipinski definition) is 1. The highest BCUT2D eigenvalue weighted by atomic mass is 19.3. The van der Waals surface area contributed by atoms with Gasteiger partial charge in [-0.3, -0.25) is 0 Å². The molecule has 3 nitrogen and oxygen atoms in total. The van der Waals surface area contributed by atoms with Crippen LogP contribution in [0.5, 0.6) is 5.75 Å². The molecule has 0 unspecified atom stereocenters. The summed E-state index contributed by atoms with van der Waals surface area (Å²) in [5.41, 5.74) is 1.34. The van der Waals surface area contributed by atoms with Gasteiger partial charge in [0, 0.05) is 12.6 Å². The van der Waals surface area contributed by atoms with E-state index in [-0.39, 0.29) is 5.75 Å². The molecule has 0 atom stereocenters. The lowest BCUT2D eigenvalue weighted by atomic mass is 10.1. The highest BCUT2D eigenvalue weighted by Gasteiger charge is 2.43. The Morgan fingerprint density at radius 1 is 1.32 bits per heavy atom. The molecule has 0 spiro atoms. The molecular weight excluding hydrogens is 264 g/mol. The van der Waals surface area contributed by atoms with E-state index in [2.05, 4.69) is 14.7 Å². The third-order valence-corrected chi connectivity index (χ3v) is 2.35. The predicted molar refractivity (Wildman–Crippen MR) is 59.4 cm³/mol. The van der Waals surface area contributed by atoms with Gasteiger partial charge in [-0.25, -0.2) is 4.98 Å². The summed E-state index contributed by atoms with van der Waals surface area (Å²) >= 11 is 0. The summed E-state index contributed by atoms with van der Waals surface area (Å²) in [5.74, 6) is -0.307. The molecule has 0 bridgehead atoms. The van der Waals surface area contributed by atoms with Gasteiger partial charge >= 0.3 is 12.5 Å². The molecule has 2 aromatic rings. The zero-order valence-corrected chi connectivity index (χ0v) is 9.62. The molecule has 0 amide bonds. The summed E-state index contributed by atoms with van der Waals surface area (Å²) < 4.78 is 53.5. The average molecular weight is 274 g/mol. The lowest BCUT2D eigenvalue weighted by molar-refractivity contribution is -0.253. The molecule has 1 aromatic carbocycles. The summed E-state index contributed by atoms with van der Waals surface area (Å²) in [6, 6.07) is 5.61. The number of aromatic nitrogens is 2. The van der Waals surface area contributed by atoms with Crippen LogP contribution in [0, 0.1) is 0 Å². The first-order valence-corrected chi connectivity index (χ1v) is 5.39. The highest BCUT2D eigenvalue weighted by molar-refractivity contribution is 5.31. The molecule has 0 aliphatic heterocycles. The molecule has 19 heavy (non-hydrogen) atoms. The fourth-order valence-electron chi connectivity index (χ4n) is 1.52. The number of alkyl halides is 4. The fourth-order valence-corrected chi connectivity index (χ4v) is 1.52. The van der Waals surface area contributed by atoms with Gasteiger partial charge in [0.15, 0.2) is 0 Å². The van der Waals surface area contributed by atoms with E-state index in [1.807, 2.05) is 0 Å². The minimum absolute atomic E-state index is 0.307. The van der Waals surface area contributed by atoms with Crippen LogP contribution in [0.4, 0.5) is 17.6 Å². The molecule has 1 heterocycles. The SMILES string of the molecule is FC(F)C(F)(F)Oc1cccc(Cc2c[nH]cn2)c1. The van der Waals surface area contributed by atoms with Gasteiger partial charge < -0.3 is 9.72 Å². The van der Waals surface area contributed by atoms with Gasteiger partial charge in [-0.15, -0.1) is 0 Å². The van der Waals surface area contributed by atoms with Crippen LogP contribution in [0.15, 0.2) is 36.8 Å². The molecule has 7 heteroatoms. The first kappa shape index (κ1) is 13.4. The highest BCUT2D eigenvalue weighted by Crippen LogP contribution is 2.28. The summed E-state index contributed by atoms with van der Waals surface area (Å²) in [6.45, 7) is 0. The first-order valence-electron chi connectivity index (χ1n) is 5.39. The van der Waals surface area contributed by atoms with Crippen molar-refractivity contribution in [1.29, 1.82) is 0 Å². The van der Waals surface area contributed by atoms with Crippen LogP contribution in [-0.4, -0.2) is 22.5 Å². The normalized spacial score (nSPS) is 11.8. The van der Waals surface area contributed by atoms with Crippen molar-refractivity contribution in [1.82, 2.24) is 9.97 Å². The Labute approximate surface area is 106 Å². The van der Waals surface area contributed by atoms with Gasteiger partial charge in [0.05, 0.1) is 12.0 Å². The second-order valence-corrected chi connectivity index (χ2v) is 3.85. The van der Waals surface area contributed by atoms with Gasteiger partial charge in [0.1, 0.15) is 5.75 Å². The molecule has 0 saturated carbocycles. The van der Waals surface area contributed by atoms with E-state index in [1.165, 1.54) is 24.5 Å². The van der Waals surface area contributed by atoms with Crippen molar-refractivity contribution in [2.45, 2.75) is 19.0 Å². The van der Waals surface area contributed by atoms with Crippen LogP contribution < -0.4 is 4.74 Å². The van der Waals surface area contributed by atoms with Gasteiger partial charge in [-0.2, -0.15) is 17.6 Å². The Morgan fingerprint density at radius 3 is 2.74 bits per heavy atom. The molecule has 0 radical (unpaired) electrons. The van der Waals surface area contributed by atoms with Crippen molar-refractivity contribution >= 4 is 0 Å². The van der Waals surface area contributed by atoms with E-state index in [0.717, 1.165) is 0 Å². The maximum atomic E-state index is 12.8. The predicted octanol–water partition coefficient (Wildman–Crippen LogP) is 3.24. The quantitative estimate of drug-likeness (QED) is 0.850. The molecular formula is C12H10F4N2O. The van der Waals surface area contributed by atoms with Crippen molar-refractivity contribution in [3.8, 4) is 5.75 Å². The monoisotopic (exact) mass is 274 g/mol. The molecule has 102 valence electrons. The number of halogens is 4. The van der Waals surface area contributed by atoms with E-state index in [0.29, 0.717) is 17.7 Å². The van der Waals surface area contributed by atoms with Crippen LogP contribution in [-0.2, 0) is 6.42 Å². The Bertz CT molecular complexity index is 528. The number of ether oxygens (including phenoxy) is 1. The van der Waals surface area contributed by atoms with E-state index in [9.17, 15) is 17.6 Å². The molecule has 2 rings (SSSR count). The van der Waals surface area contributed by atoms with Crippen molar-refractivity contribution in [2.24, 2.45) is 0 Å². The number of imidazole rings is 1. The minimum atomic E-state index is -4.50. The third kappa shape index (κ3) is 3.46. The van der Waals surface area contributed by atoms with E-state index < -0.39 is 12.5 Å². The number of rotatable bonds is 5. The van der Waals surface area contributed by atoms with Crippen LogP contribution >= 0.6 is 0 Å². The number of aromatic amines is 1. The fraction of sp³-hybridized carbons (Fsp3) is 0.250. The summed E-state index contributed by atoms with van der Waals surface area (Å²) in [6.07, 6.45) is -4.84. The topological polar surface area (TPSA) is 37.9 Å². The van der Waals surface area contributed by atoms with Crippen LogP contribution in [0.3, 0.4) is 0 Å².